The van der Waals surface area contributed by atoms with Gasteiger partial charge in [-0.2, -0.15) is 0 Å². The normalized spacial score (nSPS) is 12.4. The average Bonchev–Trinajstić information content (AvgIpc) is 3.35. The summed E-state index contributed by atoms with van der Waals surface area (Å²) >= 11 is 0. The predicted molar refractivity (Wildman–Crippen MR) is 298 cm³/mol. The molecule has 0 unspecified atom stereocenters. The van der Waals surface area contributed by atoms with Crippen LogP contribution in [0.4, 0.5) is 0 Å². The van der Waals surface area contributed by atoms with Crippen LogP contribution in [0, 0.1) is 0 Å². The maximum Gasteiger partial charge on any atom is 0.306 e. The fourth-order valence-electron chi connectivity index (χ4n) is 8.49. The molecule has 0 amide bonds. The highest BCUT2D eigenvalue weighted by atomic mass is 16.6. The summed E-state index contributed by atoms with van der Waals surface area (Å²) in [7, 11) is 0. The molecule has 1 atom stereocenters. The summed E-state index contributed by atoms with van der Waals surface area (Å²) in [6.07, 6.45) is 72.2. The minimum Gasteiger partial charge on any atom is -0.462 e. The van der Waals surface area contributed by atoms with Crippen molar-refractivity contribution in [1.29, 1.82) is 0 Å². The first-order valence-electron chi connectivity index (χ1n) is 29.8. The Labute approximate surface area is 428 Å². The molecular formula is C63H112O6. The number of unbranched alkanes of at least 4 members (excludes halogenated alkanes) is 33. The number of carbonyl (C=O) groups is 3. The number of hydrogen-bond acceptors (Lipinski definition) is 6. The Hall–Kier alpha value is -2.89. The van der Waals surface area contributed by atoms with Crippen molar-refractivity contribution in [2.45, 2.75) is 309 Å². The zero-order valence-electron chi connectivity index (χ0n) is 45.8. The number of hydrogen-bond donors (Lipinski definition) is 0. The van der Waals surface area contributed by atoms with E-state index in [9.17, 15) is 14.4 Å². The lowest BCUT2D eigenvalue weighted by Crippen LogP contribution is -2.30. The lowest BCUT2D eigenvalue weighted by Gasteiger charge is -2.18. The molecule has 0 aliphatic rings. The molecule has 69 heavy (non-hydrogen) atoms. The van der Waals surface area contributed by atoms with Crippen LogP contribution in [0.5, 0.6) is 0 Å². The van der Waals surface area contributed by atoms with Crippen molar-refractivity contribution in [2.24, 2.45) is 0 Å². The molecule has 0 aromatic carbocycles. The fourth-order valence-corrected chi connectivity index (χ4v) is 8.49. The molecule has 0 N–H and O–H groups in total. The van der Waals surface area contributed by atoms with Crippen LogP contribution < -0.4 is 0 Å². The lowest BCUT2D eigenvalue weighted by molar-refractivity contribution is -0.167. The van der Waals surface area contributed by atoms with Gasteiger partial charge in [0.1, 0.15) is 13.2 Å². The zero-order chi connectivity index (χ0) is 50.0. The van der Waals surface area contributed by atoms with Gasteiger partial charge in [0.05, 0.1) is 0 Å². The molecule has 0 heterocycles. The molecule has 0 radical (unpaired) electrons. The van der Waals surface area contributed by atoms with E-state index in [1.54, 1.807) is 0 Å². The van der Waals surface area contributed by atoms with Gasteiger partial charge < -0.3 is 14.2 Å². The van der Waals surface area contributed by atoms with Gasteiger partial charge in [-0.05, 0) is 83.5 Å². The van der Waals surface area contributed by atoms with Crippen LogP contribution in [0.15, 0.2) is 60.8 Å². The Balaban J connectivity index is 4.44. The van der Waals surface area contributed by atoms with Crippen LogP contribution in [0.1, 0.15) is 303 Å². The van der Waals surface area contributed by atoms with E-state index in [-0.39, 0.29) is 37.5 Å². The van der Waals surface area contributed by atoms with Gasteiger partial charge in [0, 0.05) is 19.3 Å². The highest BCUT2D eigenvalue weighted by molar-refractivity contribution is 5.71. The summed E-state index contributed by atoms with van der Waals surface area (Å²) in [6.45, 7) is 6.59. The Morgan fingerprint density at radius 1 is 0.290 bits per heavy atom. The summed E-state index contributed by atoms with van der Waals surface area (Å²) in [5, 5.41) is 0. The molecule has 0 saturated heterocycles. The van der Waals surface area contributed by atoms with Crippen LogP contribution in [-0.4, -0.2) is 37.2 Å². The Kier molecular flexibility index (Phi) is 55.3. The molecule has 0 spiro atoms. The molecule has 0 aliphatic carbocycles. The molecule has 6 heteroatoms. The highest BCUT2D eigenvalue weighted by Crippen LogP contribution is 2.16. The predicted octanol–water partition coefficient (Wildman–Crippen LogP) is 20.0. The quantitative estimate of drug-likeness (QED) is 0.0262. The lowest BCUT2D eigenvalue weighted by atomic mass is 10.0. The van der Waals surface area contributed by atoms with Gasteiger partial charge in [-0.15, -0.1) is 0 Å². The van der Waals surface area contributed by atoms with E-state index in [0.717, 1.165) is 64.2 Å². The van der Waals surface area contributed by atoms with Gasteiger partial charge in [-0.25, -0.2) is 0 Å². The van der Waals surface area contributed by atoms with E-state index >= 15 is 0 Å². The van der Waals surface area contributed by atoms with Crippen molar-refractivity contribution in [1.82, 2.24) is 0 Å². The topological polar surface area (TPSA) is 78.9 Å². The molecule has 0 aromatic heterocycles. The number of carbonyl (C=O) groups excluding carboxylic acids is 3. The van der Waals surface area contributed by atoms with Gasteiger partial charge >= 0.3 is 17.9 Å². The van der Waals surface area contributed by atoms with Crippen LogP contribution in [0.2, 0.25) is 0 Å². The van der Waals surface area contributed by atoms with Gasteiger partial charge in [0.15, 0.2) is 6.10 Å². The number of esters is 3. The van der Waals surface area contributed by atoms with Gasteiger partial charge in [0.2, 0.25) is 0 Å². The van der Waals surface area contributed by atoms with Crippen molar-refractivity contribution in [3.05, 3.63) is 60.8 Å². The standard InChI is InChI=1S/C63H112O6/c1-4-7-10-13-16-19-22-25-28-31-34-37-40-43-46-49-52-55-61(64)67-58-60(69-63(66)57-54-51-48-45-42-39-36-33-30-27-24-21-18-15-12-9-6-3)59-68-62(65)56-53-50-47-44-41-38-35-32-29-26-23-20-17-14-11-8-5-2/h18,21,25,27-28,30,36,39,45,48,60H,4-17,19-20,22-24,26,29,31-35,37-38,40-44,46-47,49-59H2,1-3H3/b21-18-,28-25-,30-27-,39-36-,48-45-/t60-/m1/s1. The summed E-state index contributed by atoms with van der Waals surface area (Å²) < 4.78 is 16.8. The third-order valence-corrected chi connectivity index (χ3v) is 13.0. The van der Waals surface area contributed by atoms with Gasteiger partial charge in [0.25, 0.3) is 0 Å². The van der Waals surface area contributed by atoms with Crippen LogP contribution >= 0.6 is 0 Å². The summed E-state index contributed by atoms with van der Waals surface area (Å²) in [4.78, 5) is 38.2. The van der Waals surface area contributed by atoms with Crippen LogP contribution in [0.25, 0.3) is 0 Å². The second kappa shape index (κ2) is 57.7. The van der Waals surface area contributed by atoms with Gasteiger partial charge in [-0.3, -0.25) is 14.4 Å². The molecule has 400 valence electrons. The first-order valence-corrected chi connectivity index (χ1v) is 29.8. The monoisotopic (exact) mass is 965 g/mol. The van der Waals surface area contributed by atoms with E-state index in [1.165, 1.54) is 193 Å². The van der Waals surface area contributed by atoms with E-state index in [2.05, 4.69) is 81.5 Å². The van der Waals surface area contributed by atoms with E-state index in [1.807, 2.05) is 0 Å². The average molecular weight is 966 g/mol. The second-order valence-corrected chi connectivity index (χ2v) is 19.9. The summed E-state index contributed by atoms with van der Waals surface area (Å²) in [6, 6.07) is 0. The molecular weight excluding hydrogens is 853 g/mol. The Morgan fingerprint density at radius 3 is 0.899 bits per heavy atom. The molecule has 0 aromatic rings. The van der Waals surface area contributed by atoms with Crippen molar-refractivity contribution in [2.75, 3.05) is 13.2 Å². The van der Waals surface area contributed by atoms with Crippen molar-refractivity contribution in [3.63, 3.8) is 0 Å². The molecule has 0 rings (SSSR count). The molecule has 0 aliphatic heterocycles. The van der Waals surface area contributed by atoms with Crippen molar-refractivity contribution >= 4 is 17.9 Å². The largest absolute Gasteiger partial charge is 0.462 e. The smallest absolute Gasteiger partial charge is 0.306 e. The fraction of sp³-hybridized carbons (Fsp3) is 0.794. The molecule has 6 nitrogen and oxygen atoms in total. The highest BCUT2D eigenvalue weighted by Gasteiger charge is 2.19. The Morgan fingerprint density at radius 2 is 0.536 bits per heavy atom. The minimum atomic E-state index is -0.803. The summed E-state index contributed by atoms with van der Waals surface area (Å²) in [5.74, 6) is -0.941. The first-order chi connectivity index (χ1) is 34.0. The third kappa shape index (κ3) is 55.9. The van der Waals surface area contributed by atoms with E-state index in [0.29, 0.717) is 19.3 Å². The molecule has 0 bridgehead atoms. The third-order valence-electron chi connectivity index (χ3n) is 13.0. The SMILES string of the molecule is CCCCC/C=C\C/C=C\C/C=C\C/C=C\CCCC(=O)O[C@H](COC(=O)CCCCCCCCC/C=C\CCCCCCCC)COC(=O)CCCCCCCCCCCCCCCCCCC. The van der Waals surface area contributed by atoms with Crippen LogP contribution in [0.3, 0.4) is 0 Å². The maximum atomic E-state index is 12.8. The minimum absolute atomic E-state index is 0.0943. The first kappa shape index (κ1) is 66.1. The molecule has 0 saturated carbocycles. The summed E-state index contributed by atoms with van der Waals surface area (Å²) in [5.41, 5.74) is 0. The zero-order valence-corrected chi connectivity index (χ0v) is 45.8. The number of rotatable bonds is 54. The second-order valence-electron chi connectivity index (χ2n) is 19.9. The number of allylic oxidation sites excluding steroid dienone is 10. The molecule has 0 fully saturated rings. The maximum absolute atomic E-state index is 12.8. The Bertz CT molecular complexity index is 1250. The van der Waals surface area contributed by atoms with Crippen molar-refractivity contribution in [3.8, 4) is 0 Å². The van der Waals surface area contributed by atoms with E-state index in [4.69, 9.17) is 14.2 Å². The number of ether oxygens (including phenoxy) is 3. The van der Waals surface area contributed by atoms with Crippen molar-refractivity contribution < 1.29 is 28.6 Å². The van der Waals surface area contributed by atoms with E-state index < -0.39 is 6.10 Å². The van der Waals surface area contributed by atoms with Crippen LogP contribution in [-0.2, 0) is 28.6 Å². The van der Waals surface area contributed by atoms with Gasteiger partial charge in [-0.1, -0.05) is 261 Å².